The number of nitriles is 1. The van der Waals surface area contributed by atoms with Crippen molar-refractivity contribution in [3.05, 3.63) is 53.2 Å². The second-order valence-electron chi connectivity index (χ2n) is 4.42. The Morgan fingerprint density at radius 2 is 1.95 bits per heavy atom. The van der Waals surface area contributed by atoms with Gasteiger partial charge in [0.2, 0.25) is 0 Å². The standard InChI is InChI=1S/C14H13N3O2S/c1-10-3-4-11(2)13(7-10)20(18,19)17-14-6-5-12(8-15)9-16-14/h3-7,9H,1-2H3,(H,16,17). The Bertz CT molecular complexity index is 775. The fourth-order valence-corrected chi connectivity index (χ4v) is 3.05. The number of aromatic nitrogens is 1. The van der Waals surface area contributed by atoms with E-state index in [1.165, 1.54) is 18.3 Å². The number of hydrogen-bond donors (Lipinski definition) is 1. The van der Waals surface area contributed by atoms with Crippen LogP contribution in [0.5, 0.6) is 0 Å². The van der Waals surface area contributed by atoms with E-state index in [4.69, 9.17) is 5.26 Å². The van der Waals surface area contributed by atoms with Crippen LogP contribution < -0.4 is 4.72 Å². The van der Waals surface area contributed by atoms with E-state index >= 15 is 0 Å². The molecule has 0 unspecified atom stereocenters. The van der Waals surface area contributed by atoms with Crippen molar-refractivity contribution >= 4 is 15.8 Å². The SMILES string of the molecule is Cc1ccc(C)c(S(=O)(=O)Nc2ccc(C#N)cn2)c1. The van der Waals surface area contributed by atoms with E-state index in [2.05, 4.69) is 9.71 Å². The highest BCUT2D eigenvalue weighted by atomic mass is 32.2. The predicted molar refractivity (Wildman–Crippen MR) is 75.7 cm³/mol. The number of nitrogens with zero attached hydrogens (tertiary/aromatic N) is 2. The third-order valence-electron chi connectivity index (χ3n) is 2.76. The minimum absolute atomic E-state index is 0.185. The molecule has 102 valence electrons. The molecule has 0 spiro atoms. The van der Waals surface area contributed by atoms with Gasteiger partial charge in [0.1, 0.15) is 11.9 Å². The molecule has 0 fully saturated rings. The Morgan fingerprint density at radius 3 is 2.55 bits per heavy atom. The van der Waals surface area contributed by atoms with Gasteiger partial charge in [-0.25, -0.2) is 13.4 Å². The Morgan fingerprint density at radius 1 is 1.20 bits per heavy atom. The molecule has 2 aromatic rings. The number of benzene rings is 1. The molecule has 20 heavy (non-hydrogen) atoms. The van der Waals surface area contributed by atoms with Crippen LogP contribution in [0.2, 0.25) is 0 Å². The first-order valence-corrected chi connectivity index (χ1v) is 7.37. The van der Waals surface area contributed by atoms with Crippen LogP contribution in [0.3, 0.4) is 0 Å². The molecular formula is C14H13N3O2S. The maximum Gasteiger partial charge on any atom is 0.263 e. The monoisotopic (exact) mass is 287 g/mol. The van der Waals surface area contributed by atoms with Crippen molar-refractivity contribution in [3.8, 4) is 6.07 Å². The Balaban J connectivity index is 2.35. The van der Waals surface area contributed by atoms with Gasteiger partial charge in [-0.15, -0.1) is 0 Å². The van der Waals surface area contributed by atoms with Crippen molar-refractivity contribution in [2.24, 2.45) is 0 Å². The average molecular weight is 287 g/mol. The second-order valence-corrected chi connectivity index (χ2v) is 6.07. The van der Waals surface area contributed by atoms with Gasteiger partial charge >= 0.3 is 0 Å². The molecule has 1 N–H and O–H groups in total. The summed E-state index contributed by atoms with van der Waals surface area (Å²) in [5.74, 6) is 0.185. The van der Waals surface area contributed by atoms with Gasteiger partial charge in [-0.1, -0.05) is 12.1 Å². The summed E-state index contributed by atoms with van der Waals surface area (Å²) < 4.78 is 27.0. The van der Waals surface area contributed by atoms with Gasteiger partial charge in [-0.05, 0) is 43.2 Å². The molecule has 6 heteroatoms. The fraction of sp³-hybridized carbons (Fsp3) is 0.143. The highest BCUT2D eigenvalue weighted by Crippen LogP contribution is 2.19. The summed E-state index contributed by atoms with van der Waals surface area (Å²) in [5.41, 5.74) is 1.90. The van der Waals surface area contributed by atoms with Crippen LogP contribution in [0.1, 0.15) is 16.7 Å². The number of rotatable bonds is 3. The molecular weight excluding hydrogens is 274 g/mol. The van der Waals surface area contributed by atoms with Crippen LogP contribution >= 0.6 is 0 Å². The summed E-state index contributed by atoms with van der Waals surface area (Å²) >= 11 is 0. The van der Waals surface area contributed by atoms with Crippen molar-refractivity contribution < 1.29 is 8.42 Å². The molecule has 0 aliphatic rings. The summed E-state index contributed by atoms with van der Waals surface area (Å²) in [6.45, 7) is 3.57. The molecule has 0 radical (unpaired) electrons. The average Bonchev–Trinajstić information content (AvgIpc) is 2.42. The molecule has 2 rings (SSSR count). The van der Waals surface area contributed by atoms with Gasteiger partial charge in [0.05, 0.1) is 10.5 Å². The largest absolute Gasteiger partial charge is 0.263 e. The lowest BCUT2D eigenvalue weighted by atomic mass is 10.2. The van der Waals surface area contributed by atoms with Gasteiger partial charge in [0.15, 0.2) is 0 Å². The second kappa shape index (κ2) is 5.31. The van der Waals surface area contributed by atoms with Crippen molar-refractivity contribution in [1.82, 2.24) is 4.98 Å². The fourth-order valence-electron chi connectivity index (χ4n) is 1.71. The Labute approximate surface area is 118 Å². The van der Waals surface area contributed by atoms with Crippen LogP contribution in [0.4, 0.5) is 5.82 Å². The minimum atomic E-state index is -3.68. The molecule has 1 heterocycles. The van der Waals surface area contributed by atoms with Crippen molar-refractivity contribution in [1.29, 1.82) is 5.26 Å². The predicted octanol–water partition coefficient (Wildman–Crippen LogP) is 2.37. The quantitative estimate of drug-likeness (QED) is 0.939. The highest BCUT2D eigenvalue weighted by molar-refractivity contribution is 7.92. The maximum atomic E-state index is 12.3. The summed E-state index contributed by atoms with van der Waals surface area (Å²) in [6, 6.07) is 10.1. The molecule has 5 nitrogen and oxygen atoms in total. The molecule has 1 aromatic heterocycles. The van der Waals surface area contributed by atoms with Crippen LogP contribution in [-0.2, 0) is 10.0 Å². The summed E-state index contributed by atoms with van der Waals surface area (Å²) in [5, 5.41) is 8.68. The molecule has 0 aliphatic heterocycles. The lowest BCUT2D eigenvalue weighted by molar-refractivity contribution is 0.600. The third-order valence-corrected chi connectivity index (χ3v) is 4.26. The van der Waals surface area contributed by atoms with Crippen LogP contribution in [0.15, 0.2) is 41.4 Å². The molecule has 0 saturated carbocycles. The van der Waals surface area contributed by atoms with E-state index in [9.17, 15) is 8.42 Å². The molecule has 0 bridgehead atoms. The third kappa shape index (κ3) is 2.95. The number of aryl methyl sites for hydroxylation is 2. The molecule has 0 aliphatic carbocycles. The van der Waals surface area contributed by atoms with Crippen LogP contribution in [0.25, 0.3) is 0 Å². The van der Waals surface area contributed by atoms with Gasteiger partial charge in [0.25, 0.3) is 10.0 Å². The van der Waals surface area contributed by atoms with Gasteiger partial charge in [-0.2, -0.15) is 5.26 Å². The van der Waals surface area contributed by atoms with E-state index in [1.807, 2.05) is 19.1 Å². The number of anilines is 1. The zero-order valence-corrected chi connectivity index (χ0v) is 11.9. The molecule has 1 aromatic carbocycles. The highest BCUT2D eigenvalue weighted by Gasteiger charge is 2.17. The number of hydrogen-bond acceptors (Lipinski definition) is 4. The number of sulfonamides is 1. The van der Waals surface area contributed by atoms with Gasteiger partial charge in [0, 0.05) is 6.20 Å². The summed E-state index contributed by atoms with van der Waals surface area (Å²) in [7, 11) is -3.68. The van der Waals surface area contributed by atoms with E-state index in [0.29, 0.717) is 11.1 Å². The first-order chi connectivity index (χ1) is 9.42. The zero-order chi connectivity index (χ0) is 14.8. The smallest absolute Gasteiger partial charge is 0.263 e. The molecule has 0 amide bonds. The molecule has 0 atom stereocenters. The number of nitrogens with one attached hydrogen (secondary N) is 1. The minimum Gasteiger partial charge on any atom is -0.263 e. The van der Waals surface area contributed by atoms with Gasteiger partial charge in [-0.3, -0.25) is 4.72 Å². The Hall–Kier alpha value is -2.39. The van der Waals surface area contributed by atoms with E-state index in [0.717, 1.165) is 5.56 Å². The summed E-state index contributed by atoms with van der Waals surface area (Å²) in [6.07, 6.45) is 1.32. The molecule has 0 saturated heterocycles. The van der Waals surface area contributed by atoms with E-state index < -0.39 is 10.0 Å². The zero-order valence-electron chi connectivity index (χ0n) is 11.1. The van der Waals surface area contributed by atoms with E-state index in [1.54, 1.807) is 19.1 Å². The maximum absolute atomic E-state index is 12.3. The van der Waals surface area contributed by atoms with Crippen LogP contribution in [0, 0.1) is 25.2 Å². The van der Waals surface area contributed by atoms with Crippen molar-refractivity contribution in [2.45, 2.75) is 18.7 Å². The first kappa shape index (κ1) is 14.0. The lowest BCUT2D eigenvalue weighted by Crippen LogP contribution is -2.15. The van der Waals surface area contributed by atoms with Crippen molar-refractivity contribution in [3.63, 3.8) is 0 Å². The summed E-state index contributed by atoms with van der Waals surface area (Å²) in [4.78, 5) is 4.13. The number of pyridine rings is 1. The van der Waals surface area contributed by atoms with Crippen LogP contribution in [-0.4, -0.2) is 13.4 Å². The van der Waals surface area contributed by atoms with Crippen molar-refractivity contribution in [2.75, 3.05) is 4.72 Å². The normalized spacial score (nSPS) is 10.8. The van der Waals surface area contributed by atoms with E-state index in [-0.39, 0.29) is 10.7 Å². The topological polar surface area (TPSA) is 82.9 Å². The Kier molecular flexibility index (Phi) is 3.72. The first-order valence-electron chi connectivity index (χ1n) is 5.88. The lowest BCUT2D eigenvalue weighted by Gasteiger charge is -2.10. The van der Waals surface area contributed by atoms with Gasteiger partial charge < -0.3 is 0 Å².